The van der Waals surface area contributed by atoms with Crippen LogP contribution in [0.5, 0.6) is 0 Å². The van der Waals surface area contributed by atoms with Crippen molar-refractivity contribution in [3.63, 3.8) is 0 Å². The zero-order valence-corrected chi connectivity index (χ0v) is 12.5. The van der Waals surface area contributed by atoms with E-state index in [-0.39, 0.29) is 16.7 Å². The first kappa shape index (κ1) is 15.7. The van der Waals surface area contributed by atoms with Gasteiger partial charge in [0.25, 0.3) is 5.69 Å². The highest BCUT2D eigenvalue weighted by Gasteiger charge is 2.24. The van der Waals surface area contributed by atoms with Gasteiger partial charge in [-0.05, 0) is 38.3 Å². The second kappa shape index (κ2) is 6.87. The van der Waals surface area contributed by atoms with Crippen molar-refractivity contribution in [1.29, 1.82) is 0 Å². The van der Waals surface area contributed by atoms with Crippen molar-refractivity contribution < 1.29 is 14.8 Å². The van der Waals surface area contributed by atoms with Gasteiger partial charge in [0.15, 0.2) is 0 Å². The Hall–Kier alpha value is -1.66. The van der Waals surface area contributed by atoms with Gasteiger partial charge in [-0.15, -0.1) is 0 Å². The fourth-order valence-electron chi connectivity index (χ4n) is 2.65. The average Bonchev–Trinajstić information content (AvgIpc) is 2.97. The van der Waals surface area contributed by atoms with Gasteiger partial charge in [-0.3, -0.25) is 10.1 Å². The lowest BCUT2D eigenvalue weighted by atomic mass is 10.1. The van der Waals surface area contributed by atoms with Crippen molar-refractivity contribution in [1.82, 2.24) is 0 Å². The van der Waals surface area contributed by atoms with Crippen molar-refractivity contribution >= 4 is 11.4 Å². The number of aliphatic hydroxyl groups excluding tert-OH is 1. The number of hydrogen-bond donors (Lipinski definition) is 1. The third-order valence-corrected chi connectivity index (χ3v) is 3.85. The zero-order valence-electron chi connectivity index (χ0n) is 12.5. The van der Waals surface area contributed by atoms with E-state index in [1.807, 2.05) is 11.8 Å². The molecule has 1 heterocycles. The molecule has 116 valence electrons. The molecule has 0 bridgehead atoms. The van der Waals surface area contributed by atoms with Gasteiger partial charge >= 0.3 is 0 Å². The van der Waals surface area contributed by atoms with E-state index in [1.165, 1.54) is 6.07 Å². The average molecular weight is 294 g/mol. The number of anilines is 1. The maximum absolute atomic E-state index is 11.3. The molecular weight excluding hydrogens is 272 g/mol. The number of aliphatic hydroxyl groups is 1. The highest BCUT2D eigenvalue weighted by molar-refractivity contribution is 5.64. The van der Waals surface area contributed by atoms with Crippen LogP contribution in [0.3, 0.4) is 0 Å². The zero-order chi connectivity index (χ0) is 15.4. The quantitative estimate of drug-likeness (QED) is 0.645. The largest absolute Gasteiger partial charge is 0.389 e. The molecule has 1 saturated heterocycles. The number of nitro benzene ring substituents is 1. The monoisotopic (exact) mass is 294 g/mol. The topological polar surface area (TPSA) is 75.8 Å². The molecule has 0 aliphatic carbocycles. The van der Waals surface area contributed by atoms with Crippen molar-refractivity contribution in [2.24, 2.45) is 0 Å². The fourth-order valence-corrected chi connectivity index (χ4v) is 2.65. The van der Waals surface area contributed by atoms with Crippen LogP contribution in [-0.2, 0) is 4.74 Å². The summed E-state index contributed by atoms with van der Waals surface area (Å²) in [5, 5.41) is 20.9. The lowest BCUT2D eigenvalue weighted by molar-refractivity contribution is -0.384. The fraction of sp³-hybridized carbons (Fsp3) is 0.600. The van der Waals surface area contributed by atoms with Gasteiger partial charge in [0.05, 0.1) is 17.1 Å². The Morgan fingerprint density at radius 2 is 2.33 bits per heavy atom. The molecule has 0 aromatic heterocycles. The van der Waals surface area contributed by atoms with E-state index in [1.54, 1.807) is 19.1 Å². The Kier molecular flexibility index (Phi) is 5.14. The minimum atomic E-state index is -0.717. The predicted molar refractivity (Wildman–Crippen MR) is 80.6 cm³/mol. The summed E-state index contributed by atoms with van der Waals surface area (Å²) in [5.74, 6) is 0. The molecule has 21 heavy (non-hydrogen) atoms. The molecule has 0 radical (unpaired) electrons. The Morgan fingerprint density at radius 1 is 1.57 bits per heavy atom. The molecule has 1 aromatic rings. The molecule has 1 aromatic carbocycles. The Bertz CT molecular complexity index is 498. The van der Waals surface area contributed by atoms with Crippen LogP contribution >= 0.6 is 0 Å². The Labute approximate surface area is 124 Å². The lowest BCUT2D eigenvalue weighted by Crippen LogP contribution is -2.32. The molecule has 1 N–H and O–H groups in total. The Balaban J connectivity index is 2.28. The number of ether oxygens (including phenoxy) is 1. The van der Waals surface area contributed by atoms with E-state index in [0.29, 0.717) is 24.3 Å². The van der Waals surface area contributed by atoms with Crippen molar-refractivity contribution in [3.05, 3.63) is 33.9 Å². The molecule has 1 aliphatic rings. The van der Waals surface area contributed by atoms with Crippen LogP contribution in [0.25, 0.3) is 0 Å². The van der Waals surface area contributed by atoms with Crippen molar-refractivity contribution in [2.75, 3.05) is 24.6 Å². The molecule has 6 nitrogen and oxygen atoms in total. The highest BCUT2D eigenvalue weighted by atomic mass is 16.6. The molecule has 0 spiro atoms. The van der Waals surface area contributed by atoms with Crippen LogP contribution in [-0.4, -0.2) is 35.8 Å². The van der Waals surface area contributed by atoms with Crippen molar-refractivity contribution in [3.8, 4) is 0 Å². The van der Waals surface area contributed by atoms with Gasteiger partial charge in [0, 0.05) is 25.8 Å². The van der Waals surface area contributed by atoms with E-state index < -0.39 is 6.10 Å². The minimum Gasteiger partial charge on any atom is -0.389 e. The summed E-state index contributed by atoms with van der Waals surface area (Å²) in [7, 11) is 0. The van der Waals surface area contributed by atoms with Crippen LogP contribution < -0.4 is 4.90 Å². The summed E-state index contributed by atoms with van der Waals surface area (Å²) in [6, 6.07) is 4.92. The number of nitrogens with zero attached hydrogens (tertiary/aromatic N) is 2. The third kappa shape index (κ3) is 3.71. The van der Waals surface area contributed by atoms with E-state index in [4.69, 9.17) is 4.74 Å². The molecule has 2 atom stereocenters. The highest BCUT2D eigenvalue weighted by Crippen LogP contribution is 2.32. The Morgan fingerprint density at radius 3 is 2.86 bits per heavy atom. The molecule has 1 unspecified atom stereocenters. The number of nitro groups is 1. The van der Waals surface area contributed by atoms with Crippen LogP contribution in [0.1, 0.15) is 38.4 Å². The number of rotatable bonds is 6. The maximum Gasteiger partial charge on any atom is 0.292 e. The normalized spacial score (nSPS) is 19.5. The van der Waals surface area contributed by atoms with Gasteiger partial charge in [-0.1, -0.05) is 6.07 Å². The molecule has 0 saturated carbocycles. The summed E-state index contributed by atoms with van der Waals surface area (Å²) in [6.45, 7) is 5.68. The summed E-state index contributed by atoms with van der Waals surface area (Å²) < 4.78 is 5.62. The smallest absolute Gasteiger partial charge is 0.292 e. The van der Waals surface area contributed by atoms with Gasteiger partial charge in [-0.25, -0.2) is 0 Å². The molecule has 6 heteroatoms. The first-order valence-electron chi connectivity index (χ1n) is 7.36. The number of hydrogen-bond acceptors (Lipinski definition) is 5. The molecular formula is C15H22N2O4. The molecule has 2 rings (SSSR count). The molecule has 1 aliphatic heterocycles. The molecule has 1 fully saturated rings. The van der Waals surface area contributed by atoms with Crippen LogP contribution in [0.15, 0.2) is 18.2 Å². The van der Waals surface area contributed by atoms with E-state index in [9.17, 15) is 15.2 Å². The summed E-state index contributed by atoms with van der Waals surface area (Å²) in [5.41, 5.74) is 1.18. The summed E-state index contributed by atoms with van der Waals surface area (Å²) in [4.78, 5) is 12.9. The van der Waals surface area contributed by atoms with Crippen LogP contribution in [0.2, 0.25) is 0 Å². The van der Waals surface area contributed by atoms with Gasteiger partial charge in [0.2, 0.25) is 0 Å². The van der Waals surface area contributed by atoms with Gasteiger partial charge in [-0.2, -0.15) is 0 Å². The van der Waals surface area contributed by atoms with E-state index in [2.05, 4.69) is 0 Å². The van der Waals surface area contributed by atoms with Crippen LogP contribution in [0.4, 0.5) is 11.4 Å². The van der Waals surface area contributed by atoms with Gasteiger partial charge in [0.1, 0.15) is 5.69 Å². The van der Waals surface area contributed by atoms with Crippen LogP contribution in [0, 0.1) is 10.1 Å². The SMILES string of the molecule is CCN(CC1CCCO1)c1ccc([C@H](C)O)cc1[N+](=O)[O-]. The first-order chi connectivity index (χ1) is 10.0. The van der Waals surface area contributed by atoms with Crippen molar-refractivity contribution in [2.45, 2.75) is 38.9 Å². The second-order valence-electron chi connectivity index (χ2n) is 5.35. The molecule has 0 amide bonds. The lowest BCUT2D eigenvalue weighted by Gasteiger charge is -2.26. The number of likely N-dealkylation sites (N-methyl/N-ethyl adjacent to an activating group) is 1. The second-order valence-corrected chi connectivity index (χ2v) is 5.35. The predicted octanol–water partition coefficient (Wildman–Crippen LogP) is 2.65. The summed E-state index contributed by atoms with van der Waals surface area (Å²) >= 11 is 0. The van der Waals surface area contributed by atoms with Gasteiger partial charge < -0.3 is 14.7 Å². The first-order valence-corrected chi connectivity index (χ1v) is 7.36. The van der Waals surface area contributed by atoms with E-state index in [0.717, 1.165) is 19.4 Å². The number of benzene rings is 1. The third-order valence-electron chi connectivity index (χ3n) is 3.85. The standard InChI is InChI=1S/C15H22N2O4/c1-3-16(10-13-5-4-8-21-13)14-7-6-12(11(2)18)9-15(14)17(19)20/h6-7,9,11,13,18H,3-5,8,10H2,1-2H3/t11-,13?/m0/s1. The van der Waals surface area contributed by atoms with E-state index >= 15 is 0 Å². The maximum atomic E-state index is 11.3. The summed E-state index contributed by atoms with van der Waals surface area (Å²) in [6.07, 6.45) is 1.47. The minimum absolute atomic E-state index is 0.0354.